The first kappa shape index (κ1) is 28.1. The van der Waals surface area contributed by atoms with Crippen LogP contribution in [0.2, 0.25) is 0 Å². The molecule has 0 saturated heterocycles. The summed E-state index contributed by atoms with van der Waals surface area (Å²) in [7, 11) is 0. The third kappa shape index (κ3) is 6.55. The van der Waals surface area contributed by atoms with Crippen molar-refractivity contribution in [1.82, 2.24) is 9.55 Å². The van der Waals surface area contributed by atoms with Crippen LogP contribution in [0.4, 0.5) is 18.9 Å². The highest BCUT2D eigenvalue weighted by molar-refractivity contribution is 6.06. The Morgan fingerprint density at radius 3 is 2.38 bits per heavy atom. The normalized spacial score (nSPS) is 10.9. The maximum Gasteiger partial charge on any atom is 0.271 e. The summed E-state index contributed by atoms with van der Waals surface area (Å²) in [5.41, 5.74) is -1.16. The number of halogens is 3. The second kappa shape index (κ2) is 11.9. The van der Waals surface area contributed by atoms with E-state index < -0.39 is 52.0 Å². The molecule has 0 radical (unpaired) electrons. The summed E-state index contributed by atoms with van der Waals surface area (Å²) in [6.07, 6.45) is 2.36. The van der Waals surface area contributed by atoms with Gasteiger partial charge in [-0.25, -0.2) is 13.2 Å². The van der Waals surface area contributed by atoms with Crippen LogP contribution < -0.4 is 20.3 Å². The topological polar surface area (TPSA) is 99.5 Å². The van der Waals surface area contributed by atoms with Gasteiger partial charge >= 0.3 is 0 Å². The number of ether oxygens (including phenoxy) is 2. The van der Waals surface area contributed by atoms with E-state index in [0.717, 1.165) is 22.8 Å². The number of benzene rings is 2. The molecule has 0 bridgehead atoms. The van der Waals surface area contributed by atoms with E-state index in [2.05, 4.69) is 10.3 Å². The minimum Gasteiger partial charge on any atom is -0.490 e. The largest absolute Gasteiger partial charge is 0.490 e. The number of carbonyl (C=O) groups is 2. The van der Waals surface area contributed by atoms with E-state index >= 15 is 0 Å². The fraction of sp³-hybridized carbons (Fsp3) is 0.172. The molecular weight excluding hydrogens is 527 g/mol. The number of carbonyl (C=O) groups excluding carboxylic acids is 2. The second-order valence-corrected chi connectivity index (χ2v) is 9.05. The highest BCUT2D eigenvalue weighted by Crippen LogP contribution is 2.30. The van der Waals surface area contributed by atoms with Gasteiger partial charge in [-0.15, -0.1) is 0 Å². The predicted molar refractivity (Wildman–Crippen MR) is 141 cm³/mol. The van der Waals surface area contributed by atoms with Gasteiger partial charge in [-0.2, -0.15) is 0 Å². The Labute approximate surface area is 227 Å². The van der Waals surface area contributed by atoms with Gasteiger partial charge in [0.05, 0.1) is 17.5 Å². The van der Waals surface area contributed by atoms with Crippen LogP contribution in [-0.4, -0.2) is 27.3 Å². The van der Waals surface area contributed by atoms with Gasteiger partial charge in [0.2, 0.25) is 0 Å². The van der Waals surface area contributed by atoms with Crippen LogP contribution in [0.1, 0.15) is 36.8 Å². The van der Waals surface area contributed by atoms with E-state index in [-0.39, 0.29) is 29.4 Å². The molecule has 1 amide bonds. The Balaban J connectivity index is 1.64. The van der Waals surface area contributed by atoms with Crippen molar-refractivity contribution in [3.8, 4) is 22.9 Å². The molecule has 2 aromatic carbocycles. The lowest BCUT2D eigenvalue weighted by Crippen LogP contribution is -2.30. The molecule has 2 heterocycles. The molecule has 2 aromatic heterocycles. The zero-order valence-corrected chi connectivity index (χ0v) is 21.7. The van der Waals surface area contributed by atoms with Crippen LogP contribution in [0.25, 0.3) is 5.69 Å². The summed E-state index contributed by atoms with van der Waals surface area (Å²) in [6, 6.07) is 10.7. The molecule has 0 atom stereocenters. The lowest BCUT2D eigenvalue weighted by atomic mass is 10.2. The van der Waals surface area contributed by atoms with Gasteiger partial charge in [0.1, 0.15) is 28.7 Å². The first-order chi connectivity index (χ1) is 19.0. The van der Waals surface area contributed by atoms with Crippen LogP contribution in [0, 0.1) is 17.5 Å². The highest BCUT2D eigenvalue weighted by atomic mass is 19.1. The van der Waals surface area contributed by atoms with Crippen LogP contribution in [0.5, 0.6) is 17.2 Å². The SMILES string of the molecule is CC(=O)Cc1cc(Oc2cc(F)c(NC(=O)c3c(OC(C)C)ccn(-c4ccc(F)cc4)c3=O)cc2F)ccn1. The van der Waals surface area contributed by atoms with Gasteiger partial charge in [-0.05, 0) is 57.2 Å². The molecule has 0 saturated carbocycles. The van der Waals surface area contributed by atoms with E-state index in [0.29, 0.717) is 11.8 Å². The molecule has 206 valence electrons. The molecule has 1 N–H and O–H groups in total. The number of aromatic nitrogens is 2. The molecule has 40 heavy (non-hydrogen) atoms. The number of pyridine rings is 2. The zero-order valence-electron chi connectivity index (χ0n) is 21.7. The van der Waals surface area contributed by atoms with E-state index in [1.54, 1.807) is 13.8 Å². The van der Waals surface area contributed by atoms with Crippen molar-refractivity contribution in [3.05, 3.63) is 106 Å². The fourth-order valence-electron chi connectivity index (χ4n) is 3.77. The summed E-state index contributed by atoms with van der Waals surface area (Å²) >= 11 is 0. The van der Waals surface area contributed by atoms with Crippen molar-refractivity contribution >= 4 is 17.4 Å². The smallest absolute Gasteiger partial charge is 0.271 e. The Bertz CT molecular complexity index is 1640. The van der Waals surface area contributed by atoms with E-state index in [9.17, 15) is 27.6 Å². The Kier molecular flexibility index (Phi) is 8.32. The number of ketones is 1. The fourth-order valence-corrected chi connectivity index (χ4v) is 3.77. The summed E-state index contributed by atoms with van der Waals surface area (Å²) in [5.74, 6) is -4.16. The predicted octanol–water partition coefficient (Wildman–Crippen LogP) is 5.61. The number of amides is 1. The maximum absolute atomic E-state index is 15.0. The highest BCUT2D eigenvalue weighted by Gasteiger charge is 2.23. The van der Waals surface area contributed by atoms with Crippen LogP contribution in [0.15, 0.2) is 71.8 Å². The van der Waals surface area contributed by atoms with Gasteiger partial charge in [-0.1, -0.05) is 0 Å². The van der Waals surface area contributed by atoms with Gasteiger partial charge in [0.15, 0.2) is 17.4 Å². The zero-order chi connectivity index (χ0) is 29.0. The van der Waals surface area contributed by atoms with Crippen LogP contribution in [-0.2, 0) is 11.2 Å². The van der Waals surface area contributed by atoms with Gasteiger partial charge in [0, 0.05) is 42.7 Å². The number of hydrogen-bond donors (Lipinski definition) is 1. The van der Waals surface area contributed by atoms with E-state index in [1.807, 2.05) is 0 Å². The third-order valence-electron chi connectivity index (χ3n) is 5.46. The van der Waals surface area contributed by atoms with Crippen molar-refractivity contribution < 1.29 is 32.2 Å². The number of nitrogens with one attached hydrogen (secondary N) is 1. The number of nitrogens with zero attached hydrogens (tertiary/aromatic N) is 2. The standard InChI is InChI=1S/C29H24F3N3O5/c1-16(2)39-25-9-11-35(20-6-4-18(30)5-7-20)29(38)27(25)28(37)34-24-14-23(32)26(15-22(24)31)40-21-8-10-33-19(13-21)12-17(3)36/h4-11,13-16H,12H2,1-3H3,(H,34,37). The molecule has 0 aliphatic rings. The average Bonchev–Trinajstić information content (AvgIpc) is 2.87. The second-order valence-electron chi connectivity index (χ2n) is 9.05. The first-order valence-corrected chi connectivity index (χ1v) is 12.1. The van der Waals surface area contributed by atoms with Crippen molar-refractivity contribution in [3.63, 3.8) is 0 Å². The molecule has 4 aromatic rings. The van der Waals surface area contributed by atoms with Crippen LogP contribution >= 0.6 is 0 Å². The van der Waals surface area contributed by atoms with Crippen molar-refractivity contribution in [2.24, 2.45) is 0 Å². The maximum atomic E-state index is 15.0. The lowest BCUT2D eigenvalue weighted by molar-refractivity contribution is -0.116. The molecular formula is C29H24F3N3O5. The number of rotatable bonds is 9. The molecule has 0 aliphatic heterocycles. The van der Waals surface area contributed by atoms with E-state index in [4.69, 9.17) is 9.47 Å². The van der Waals surface area contributed by atoms with Crippen molar-refractivity contribution in [2.45, 2.75) is 33.3 Å². The molecule has 0 spiro atoms. The van der Waals surface area contributed by atoms with E-state index in [1.165, 1.54) is 49.6 Å². The van der Waals surface area contributed by atoms with Crippen molar-refractivity contribution in [1.29, 1.82) is 0 Å². The number of anilines is 1. The lowest BCUT2D eigenvalue weighted by Gasteiger charge is -2.16. The summed E-state index contributed by atoms with van der Waals surface area (Å²) in [6.45, 7) is 4.77. The molecule has 11 heteroatoms. The summed E-state index contributed by atoms with van der Waals surface area (Å²) < 4.78 is 55.4. The molecule has 8 nitrogen and oxygen atoms in total. The minimum absolute atomic E-state index is 0.0455. The molecule has 0 unspecified atom stereocenters. The molecule has 4 rings (SSSR count). The van der Waals surface area contributed by atoms with Gasteiger partial charge in [-0.3, -0.25) is 23.9 Å². The number of Topliss-reactive ketones (excluding diaryl/α,β-unsaturated/α-hetero) is 1. The third-order valence-corrected chi connectivity index (χ3v) is 5.46. The molecule has 0 aliphatic carbocycles. The molecule has 0 fully saturated rings. The first-order valence-electron chi connectivity index (χ1n) is 12.1. The monoisotopic (exact) mass is 551 g/mol. The van der Waals surface area contributed by atoms with Gasteiger partial charge < -0.3 is 14.8 Å². The quantitative estimate of drug-likeness (QED) is 0.290. The minimum atomic E-state index is -1.05. The van der Waals surface area contributed by atoms with Crippen molar-refractivity contribution in [2.75, 3.05) is 5.32 Å². The number of hydrogen-bond acceptors (Lipinski definition) is 6. The summed E-state index contributed by atoms with van der Waals surface area (Å²) in [4.78, 5) is 41.9. The Hall–Kier alpha value is -4.93. The Morgan fingerprint density at radius 2 is 1.70 bits per heavy atom. The average molecular weight is 552 g/mol. The Morgan fingerprint density at radius 1 is 0.975 bits per heavy atom. The van der Waals surface area contributed by atoms with Gasteiger partial charge in [0.25, 0.3) is 11.5 Å². The summed E-state index contributed by atoms with van der Waals surface area (Å²) in [5, 5.41) is 2.22. The van der Waals surface area contributed by atoms with Crippen LogP contribution in [0.3, 0.4) is 0 Å².